The van der Waals surface area contributed by atoms with Crippen LogP contribution in [0.5, 0.6) is 0 Å². The highest BCUT2D eigenvalue weighted by atomic mass is 19.1. The Morgan fingerprint density at radius 3 is 2.95 bits per heavy atom. The summed E-state index contributed by atoms with van der Waals surface area (Å²) < 4.78 is 13.9. The topological polar surface area (TPSA) is 52.6 Å². The summed E-state index contributed by atoms with van der Waals surface area (Å²) in [5, 5.41) is 12.1. The zero-order chi connectivity index (χ0) is 14.1. The average Bonchev–Trinajstić information content (AvgIpc) is 2.88. The predicted octanol–water partition coefficient (Wildman–Crippen LogP) is 2.56. The number of halogens is 1. The number of aromatic carboxylic acids is 1. The number of fused-ring (bicyclic) bond motifs is 1. The van der Waals surface area contributed by atoms with E-state index in [9.17, 15) is 9.18 Å². The smallest absolute Gasteiger partial charge is 0.335 e. The molecule has 0 saturated carbocycles. The lowest BCUT2D eigenvalue weighted by atomic mass is 9.97. The summed E-state index contributed by atoms with van der Waals surface area (Å²) in [6, 6.07) is 4.95. The fourth-order valence-corrected chi connectivity index (χ4v) is 3.34. The van der Waals surface area contributed by atoms with Gasteiger partial charge in [0.2, 0.25) is 0 Å². The molecular formula is C15H19FN2O2. The maximum absolute atomic E-state index is 13.9. The van der Waals surface area contributed by atoms with Gasteiger partial charge in [0.05, 0.1) is 11.3 Å². The number of hydrogen-bond donors (Lipinski definition) is 2. The van der Waals surface area contributed by atoms with E-state index in [1.807, 2.05) is 0 Å². The Hall–Kier alpha value is -1.62. The second-order valence-corrected chi connectivity index (χ2v) is 5.70. The van der Waals surface area contributed by atoms with Gasteiger partial charge in [-0.3, -0.25) is 0 Å². The highest BCUT2D eigenvalue weighted by Crippen LogP contribution is 2.29. The van der Waals surface area contributed by atoms with Crippen LogP contribution in [-0.2, 0) is 0 Å². The van der Waals surface area contributed by atoms with Gasteiger partial charge in [0.1, 0.15) is 5.82 Å². The zero-order valence-corrected chi connectivity index (χ0v) is 11.3. The predicted molar refractivity (Wildman–Crippen MR) is 74.6 cm³/mol. The van der Waals surface area contributed by atoms with E-state index in [0.29, 0.717) is 11.7 Å². The van der Waals surface area contributed by atoms with Gasteiger partial charge in [-0.1, -0.05) is 0 Å². The normalized spacial score (nSPS) is 26.2. The molecule has 2 fully saturated rings. The highest BCUT2D eigenvalue weighted by Gasteiger charge is 2.31. The molecule has 2 aliphatic rings. The Morgan fingerprint density at radius 2 is 2.20 bits per heavy atom. The van der Waals surface area contributed by atoms with Crippen molar-refractivity contribution in [2.75, 3.05) is 18.4 Å². The van der Waals surface area contributed by atoms with Crippen LogP contribution in [0.4, 0.5) is 10.1 Å². The number of rotatable bonds is 3. The number of benzene rings is 1. The van der Waals surface area contributed by atoms with Crippen LogP contribution >= 0.6 is 0 Å². The van der Waals surface area contributed by atoms with Crippen molar-refractivity contribution in [3.63, 3.8) is 0 Å². The first kappa shape index (κ1) is 13.4. The molecule has 2 N–H and O–H groups in total. The minimum absolute atomic E-state index is 0.0151. The van der Waals surface area contributed by atoms with Crippen molar-refractivity contribution in [2.45, 2.75) is 37.8 Å². The second-order valence-electron chi connectivity index (χ2n) is 5.70. The van der Waals surface area contributed by atoms with E-state index in [4.69, 9.17) is 5.11 Å². The lowest BCUT2D eigenvalue weighted by Crippen LogP contribution is -2.42. The summed E-state index contributed by atoms with van der Waals surface area (Å²) in [4.78, 5) is 13.3. The first-order valence-corrected chi connectivity index (χ1v) is 7.17. The number of carboxylic acids is 1. The molecule has 2 heterocycles. The lowest BCUT2D eigenvalue weighted by molar-refractivity contribution is 0.0696. The van der Waals surface area contributed by atoms with Crippen molar-refractivity contribution in [3.8, 4) is 0 Å². The van der Waals surface area contributed by atoms with Gasteiger partial charge in [0.15, 0.2) is 0 Å². The Kier molecular flexibility index (Phi) is 3.61. The molecular weight excluding hydrogens is 259 g/mol. The molecule has 2 unspecified atom stereocenters. The Morgan fingerprint density at radius 1 is 1.35 bits per heavy atom. The molecule has 0 aliphatic carbocycles. The molecule has 0 aromatic heterocycles. The summed E-state index contributed by atoms with van der Waals surface area (Å²) >= 11 is 0. The number of carboxylic acid groups (broad SMARTS) is 1. The van der Waals surface area contributed by atoms with E-state index >= 15 is 0 Å². The van der Waals surface area contributed by atoms with Gasteiger partial charge in [-0.05, 0) is 50.4 Å². The summed E-state index contributed by atoms with van der Waals surface area (Å²) in [5.41, 5.74) is 0.394. The Labute approximate surface area is 117 Å². The first-order valence-electron chi connectivity index (χ1n) is 7.17. The third-order valence-electron chi connectivity index (χ3n) is 4.40. The van der Waals surface area contributed by atoms with Gasteiger partial charge < -0.3 is 15.3 Å². The van der Waals surface area contributed by atoms with Gasteiger partial charge in [0.25, 0.3) is 0 Å². The van der Waals surface area contributed by atoms with Crippen molar-refractivity contribution in [1.82, 2.24) is 4.90 Å². The number of nitrogens with zero attached hydrogens (tertiary/aromatic N) is 1. The van der Waals surface area contributed by atoms with E-state index in [1.54, 1.807) is 0 Å². The molecule has 0 spiro atoms. The molecule has 0 bridgehead atoms. The molecule has 2 atom stereocenters. The zero-order valence-electron chi connectivity index (χ0n) is 11.3. The molecule has 0 amide bonds. The van der Waals surface area contributed by atoms with E-state index in [-0.39, 0.29) is 11.6 Å². The Bertz CT molecular complexity index is 521. The number of carbonyl (C=O) groups is 1. The molecule has 108 valence electrons. The van der Waals surface area contributed by atoms with E-state index < -0.39 is 11.8 Å². The highest BCUT2D eigenvalue weighted by molar-refractivity contribution is 5.88. The Balaban J connectivity index is 1.67. The van der Waals surface area contributed by atoms with Gasteiger partial charge in [-0.2, -0.15) is 0 Å². The van der Waals surface area contributed by atoms with Crippen LogP contribution in [0.1, 0.15) is 36.0 Å². The van der Waals surface area contributed by atoms with Crippen molar-refractivity contribution in [2.24, 2.45) is 0 Å². The van der Waals surface area contributed by atoms with Crippen LogP contribution < -0.4 is 5.32 Å². The van der Waals surface area contributed by atoms with Crippen LogP contribution in [0.25, 0.3) is 0 Å². The summed E-state index contributed by atoms with van der Waals surface area (Å²) in [6.07, 6.45) is 4.55. The molecule has 0 radical (unpaired) electrons. The molecule has 5 heteroatoms. The maximum atomic E-state index is 13.9. The second kappa shape index (κ2) is 5.40. The number of nitrogens with one attached hydrogen (secondary N) is 1. The minimum Gasteiger partial charge on any atom is -0.478 e. The van der Waals surface area contributed by atoms with Crippen LogP contribution in [0.3, 0.4) is 0 Å². The third-order valence-corrected chi connectivity index (χ3v) is 4.40. The van der Waals surface area contributed by atoms with Crippen molar-refractivity contribution < 1.29 is 14.3 Å². The fourth-order valence-electron chi connectivity index (χ4n) is 3.34. The van der Waals surface area contributed by atoms with E-state index in [0.717, 1.165) is 25.5 Å². The quantitative estimate of drug-likeness (QED) is 0.892. The number of piperidine rings is 1. The standard InChI is InChI=1S/C15H19FN2O2/c16-13-8-10(15(19)20)3-4-14(13)17-11-5-7-18-6-1-2-12(18)9-11/h3-4,8,11-12,17H,1-2,5-7,9H2,(H,19,20). The van der Waals surface area contributed by atoms with Crippen LogP contribution in [0.15, 0.2) is 18.2 Å². The molecule has 1 aromatic carbocycles. The van der Waals surface area contributed by atoms with Crippen molar-refractivity contribution in [3.05, 3.63) is 29.6 Å². The first-order chi connectivity index (χ1) is 9.63. The van der Waals surface area contributed by atoms with Crippen LogP contribution in [0.2, 0.25) is 0 Å². The molecule has 3 rings (SSSR count). The SMILES string of the molecule is O=C(O)c1ccc(NC2CCN3CCCC3C2)c(F)c1. The minimum atomic E-state index is -1.10. The lowest BCUT2D eigenvalue weighted by Gasteiger charge is -2.35. The number of hydrogen-bond acceptors (Lipinski definition) is 3. The van der Waals surface area contributed by atoms with E-state index in [2.05, 4.69) is 10.2 Å². The average molecular weight is 278 g/mol. The molecule has 4 nitrogen and oxygen atoms in total. The van der Waals surface area contributed by atoms with Crippen molar-refractivity contribution >= 4 is 11.7 Å². The summed E-state index contributed by atoms with van der Waals surface area (Å²) in [5.74, 6) is -1.59. The van der Waals surface area contributed by atoms with Crippen molar-refractivity contribution in [1.29, 1.82) is 0 Å². The van der Waals surface area contributed by atoms with Crippen LogP contribution in [0, 0.1) is 5.82 Å². The van der Waals surface area contributed by atoms with Gasteiger partial charge in [-0.15, -0.1) is 0 Å². The third kappa shape index (κ3) is 2.63. The summed E-state index contributed by atoms with van der Waals surface area (Å²) in [6.45, 7) is 2.26. The number of anilines is 1. The van der Waals surface area contributed by atoms with Gasteiger partial charge in [-0.25, -0.2) is 9.18 Å². The van der Waals surface area contributed by atoms with E-state index in [1.165, 1.54) is 31.5 Å². The molecule has 2 aliphatic heterocycles. The fraction of sp³-hybridized carbons (Fsp3) is 0.533. The van der Waals surface area contributed by atoms with Gasteiger partial charge >= 0.3 is 5.97 Å². The molecule has 1 aromatic rings. The summed E-state index contributed by atoms with van der Waals surface area (Å²) in [7, 11) is 0. The monoisotopic (exact) mass is 278 g/mol. The van der Waals surface area contributed by atoms with Crippen LogP contribution in [-0.4, -0.2) is 41.1 Å². The van der Waals surface area contributed by atoms with Gasteiger partial charge in [0, 0.05) is 18.6 Å². The largest absolute Gasteiger partial charge is 0.478 e. The molecule has 20 heavy (non-hydrogen) atoms. The molecule has 2 saturated heterocycles. The maximum Gasteiger partial charge on any atom is 0.335 e.